The first-order valence-electron chi connectivity index (χ1n) is 2.46. The second-order valence-corrected chi connectivity index (χ2v) is 1.59. The van der Waals surface area contributed by atoms with Crippen molar-refractivity contribution in [2.45, 2.75) is 0 Å². The van der Waals surface area contributed by atoms with Gasteiger partial charge in [-0.1, -0.05) is 0 Å². The topological polar surface area (TPSA) is 25.8 Å². The molecule has 0 fully saturated rings. The monoisotopic (exact) mass is 204 g/mol. The standard InChI is InChI=1S/C4H2BF3N2.FH.K/c6-4-9-1-3(2-10-4)5(7)8;;/h1-2H;1H;/q;;+1/p-1. The number of hydrogen-bond acceptors (Lipinski definition) is 2. The van der Waals surface area contributed by atoms with E-state index in [1.165, 1.54) is 0 Å². The van der Waals surface area contributed by atoms with Gasteiger partial charge in [0.05, 0.1) is 0 Å². The molecule has 60 valence electrons. The Morgan fingerprint density at radius 3 is 1.92 bits per heavy atom. The second-order valence-electron chi connectivity index (χ2n) is 1.59. The van der Waals surface area contributed by atoms with Crippen LogP contribution in [0.5, 0.6) is 0 Å². The summed E-state index contributed by atoms with van der Waals surface area (Å²) in [4.78, 5) is 5.89. The van der Waals surface area contributed by atoms with E-state index < -0.39 is 13.3 Å². The number of nitrogens with zero attached hydrogens (tertiary/aromatic N) is 2. The van der Waals surface area contributed by atoms with E-state index in [0.29, 0.717) is 0 Å². The third-order valence-corrected chi connectivity index (χ3v) is 0.892. The van der Waals surface area contributed by atoms with E-state index in [1.54, 1.807) is 0 Å². The van der Waals surface area contributed by atoms with Crippen molar-refractivity contribution in [1.82, 2.24) is 9.97 Å². The van der Waals surface area contributed by atoms with Crippen molar-refractivity contribution in [3.63, 3.8) is 0 Å². The molecule has 0 N–H and O–H groups in total. The van der Waals surface area contributed by atoms with Crippen LogP contribution in [0.15, 0.2) is 12.4 Å². The molecule has 0 aliphatic rings. The quantitative estimate of drug-likeness (QED) is 0.259. The Kier molecular flexibility index (Phi) is 8.69. The molecular formula is C4H2BF4KN2. The molecular weight excluding hydrogens is 202 g/mol. The molecule has 1 aromatic heterocycles. The van der Waals surface area contributed by atoms with Crippen LogP contribution >= 0.6 is 0 Å². The van der Waals surface area contributed by atoms with Crippen LogP contribution in [0.1, 0.15) is 0 Å². The number of halogens is 4. The zero-order valence-electron chi connectivity index (χ0n) is 6.14. The van der Waals surface area contributed by atoms with Gasteiger partial charge in [0.15, 0.2) is 0 Å². The van der Waals surface area contributed by atoms with Crippen molar-refractivity contribution in [2.75, 3.05) is 0 Å². The molecule has 1 aromatic rings. The van der Waals surface area contributed by atoms with E-state index in [2.05, 4.69) is 9.97 Å². The fraction of sp³-hybridized carbons (Fsp3) is 0. The van der Waals surface area contributed by atoms with Gasteiger partial charge in [-0.25, -0.2) is 9.97 Å². The maximum Gasteiger partial charge on any atom is 1.00 e. The minimum Gasteiger partial charge on any atom is -1.00 e. The largest absolute Gasteiger partial charge is 1.00 e. The Labute approximate surface area is 109 Å². The Morgan fingerprint density at radius 2 is 1.58 bits per heavy atom. The van der Waals surface area contributed by atoms with Gasteiger partial charge in [-0.3, -0.25) is 8.63 Å². The molecule has 0 radical (unpaired) electrons. The van der Waals surface area contributed by atoms with Crippen molar-refractivity contribution in [2.24, 2.45) is 0 Å². The van der Waals surface area contributed by atoms with Gasteiger partial charge < -0.3 is 4.70 Å². The van der Waals surface area contributed by atoms with Gasteiger partial charge in [0.25, 0.3) is 0 Å². The molecule has 0 unspecified atom stereocenters. The van der Waals surface area contributed by atoms with Crippen molar-refractivity contribution < 1.29 is 69.1 Å². The Bertz CT molecular complexity index is 219. The molecule has 1 rings (SSSR count). The van der Waals surface area contributed by atoms with Crippen molar-refractivity contribution in [1.29, 1.82) is 0 Å². The molecule has 0 aromatic carbocycles. The first kappa shape index (κ1) is 15.0. The van der Waals surface area contributed by atoms with Gasteiger partial charge in [0.1, 0.15) is 0 Å². The molecule has 8 heteroatoms. The smallest absolute Gasteiger partial charge is 1.00 e. The number of rotatable bonds is 1. The average molecular weight is 204 g/mol. The molecule has 1 heterocycles. The molecule has 0 spiro atoms. The zero-order chi connectivity index (χ0) is 7.56. The number of hydrogen-bond donors (Lipinski definition) is 0. The fourth-order valence-electron chi connectivity index (χ4n) is 0.435. The van der Waals surface area contributed by atoms with E-state index in [0.717, 1.165) is 12.4 Å². The van der Waals surface area contributed by atoms with Crippen LogP contribution in [0.4, 0.5) is 13.0 Å². The first-order chi connectivity index (χ1) is 4.70. The molecule has 0 saturated heterocycles. The van der Waals surface area contributed by atoms with Crippen molar-refractivity contribution in [3.8, 4) is 0 Å². The summed E-state index contributed by atoms with van der Waals surface area (Å²) >= 11 is 0. The van der Waals surface area contributed by atoms with Crippen LogP contribution in [0.3, 0.4) is 0 Å². The molecule has 12 heavy (non-hydrogen) atoms. The van der Waals surface area contributed by atoms with Gasteiger partial charge in [0, 0.05) is 17.9 Å². The second kappa shape index (κ2) is 6.96. The third-order valence-electron chi connectivity index (χ3n) is 0.892. The third kappa shape index (κ3) is 4.51. The van der Waals surface area contributed by atoms with Crippen LogP contribution < -0.4 is 61.6 Å². The summed E-state index contributed by atoms with van der Waals surface area (Å²) in [6.07, 6.45) is 0.518. The van der Waals surface area contributed by atoms with Crippen LogP contribution in [0.25, 0.3) is 0 Å². The molecule has 0 bridgehead atoms. The van der Waals surface area contributed by atoms with Gasteiger partial charge in [-0.05, 0) is 0 Å². The molecule has 0 amide bonds. The van der Waals surface area contributed by atoms with Crippen molar-refractivity contribution >= 4 is 12.7 Å². The SMILES string of the molecule is FB(F)c1cnc(F)nc1.[F-].[K+]. The maximum atomic E-state index is 11.9. The number of aromatic nitrogens is 2. The van der Waals surface area contributed by atoms with E-state index in [4.69, 9.17) is 0 Å². The zero-order valence-corrected chi connectivity index (χ0v) is 9.26. The molecule has 0 aliphatic carbocycles. The predicted molar refractivity (Wildman–Crippen MR) is 29.6 cm³/mol. The van der Waals surface area contributed by atoms with Crippen LogP contribution in [0.2, 0.25) is 0 Å². The molecule has 0 saturated carbocycles. The summed E-state index contributed by atoms with van der Waals surface area (Å²) in [7, 11) is -2.64. The predicted octanol–water partition coefficient (Wildman–Crippen LogP) is -5.74. The molecule has 0 aliphatic heterocycles. The fourth-order valence-corrected chi connectivity index (χ4v) is 0.435. The van der Waals surface area contributed by atoms with Gasteiger partial charge >= 0.3 is 64.7 Å². The minimum absolute atomic E-state index is 0. The average Bonchev–Trinajstić information content (AvgIpc) is 1.88. The van der Waals surface area contributed by atoms with E-state index in [9.17, 15) is 13.0 Å². The summed E-state index contributed by atoms with van der Waals surface area (Å²) in [5.74, 6) is 0. The van der Waals surface area contributed by atoms with Crippen LogP contribution in [0, 0.1) is 6.08 Å². The Hall–Kier alpha value is 0.501. The minimum atomic E-state index is -2.64. The van der Waals surface area contributed by atoms with Crippen LogP contribution in [-0.2, 0) is 0 Å². The van der Waals surface area contributed by atoms with Crippen molar-refractivity contribution in [3.05, 3.63) is 18.5 Å². The Morgan fingerprint density at radius 1 is 1.17 bits per heavy atom. The Balaban J connectivity index is 0. The molecule has 0 atom stereocenters. The van der Waals surface area contributed by atoms with E-state index in [-0.39, 0.29) is 61.6 Å². The van der Waals surface area contributed by atoms with Crippen LogP contribution in [-0.4, -0.2) is 17.2 Å². The normalized spacial score (nSPS) is 7.92. The van der Waals surface area contributed by atoms with Gasteiger partial charge in [-0.15, -0.1) is 0 Å². The summed E-state index contributed by atoms with van der Waals surface area (Å²) in [6.45, 7) is 0. The first-order valence-corrected chi connectivity index (χ1v) is 2.46. The van der Waals surface area contributed by atoms with Gasteiger partial charge in [0.2, 0.25) is 0 Å². The summed E-state index contributed by atoms with van der Waals surface area (Å²) in [5.41, 5.74) is -0.374. The van der Waals surface area contributed by atoms with E-state index >= 15 is 0 Å². The summed E-state index contributed by atoms with van der Waals surface area (Å²) in [6, 6.07) is 0. The van der Waals surface area contributed by atoms with Gasteiger partial charge in [-0.2, -0.15) is 4.39 Å². The molecule has 2 nitrogen and oxygen atoms in total. The summed E-state index contributed by atoms with van der Waals surface area (Å²) < 4.78 is 35.3. The van der Waals surface area contributed by atoms with E-state index in [1.807, 2.05) is 0 Å². The summed E-state index contributed by atoms with van der Waals surface area (Å²) in [5, 5.41) is 0. The maximum absolute atomic E-state index is 11.9.